The molecule has 1 aliphatic heterocycles. The Morgan fingerprint density at radius 1 is 1.24 bits per heavy atom. The topological polar surface area (TPSA) is 58.7 Å². The Kier molecular flexibility index (Phi) is 4.88. The summed E-state index contributed by atoms with van der Waals surface area (Å²) >= 11 is 0. The van der Waals surface area contributed by atoms with Crippen LogP contribution in [0.5, 0.6) is 0 Å². The quantitative estimate of drug-likeness (QED) is 0.925. The highest BCUT2D eigenvalue weighted by Crippen LogP contribution is 2.33. The number of aliphatic hydroxyl groups excluding tert-OH is 1. The fourth-order valence-corrected chi connectivity index (χ4v) is 4.11. The molecule has 0 radical (unpaired) electrons. The molecule has 0 spiro atoms. The molecule has 3 unspecified atom stereocenters. The number of nitrogens with zero attached hydrogens (tertiary/aromatic N) is 2. The lowest BCUT2D eigenvalue weighted by molar-refractivity contribution is -0.0561. The summed E-state index contributed by atoms with van der Waals surface area (Å²) in [6, 6.07) is 10.6. The van der Waals surface area contributed by atoms with E-state index < -0.39 is 0 Å². The number of ether oxygens (including phenoxy) is 1. The zero-order valence-corrected chi connectivity index (χ0v) is 14.7. The molecule has 1 N–H and O–H groups in total. The maximum atomic E-state index is 10.3. The zero-order chi connectivity index (χ0) is 17.2. The van der Waals surface area contributed by atoms with Crippen LogP contribution in [0.3, 0.4) is 0 Å². The molecule has 1 aliphatic carbocycles. The lowest BCUT2D eigenvalue weighted by atomic mass is 9.94. The van der Waals surface area contributed by atoms with Crippen molar-refractivity contribution >= 4 is 0 Å². The molecule has 1 saturated heterocycles. The molecule has 2 heterocycles. The Morgan fingerprint density at radius 2 is 2.08 bits per heavy atom. The summed E-state index contributed by atoms with van der Waals surface area (Å²) in [5, 5.41) is 14.5. The first-order valence-electron chi connectivity index (χ1n) is 9.23. The largest absolute Gasteiger partial charge is 0.393 e. The SMILES string of the molecule is Cc1ccc(-c2cc(CN3CCOCC3C3CCCC3O)on2)cc1. The Morgan fingerprint density at radius 3 is 2.84 bits per heavy atom. The van der Waals surface area contributed by atoms with Gasteiger partial charge in [0.15, 0.2) is 5.76 Å². The molecular formula is C20H26N2O3. The van der Waals surface area contributed by atoms with Crippen LogP contribution >= 0.6 is 0 Å². The summed E-state index contributed by atoms with van der Waals surface area (Å²) in [5.74, 6) is 1.18. The lowest BCUT2D eigenvalue weighted by Crippen LogP contribution is -2.50. The Bertz CT molecular complexity index is 697. The molecule has 1 saturated carbocycles. The van der Waals surface area contributed by atoms with Crippen molar-refractivity contribution in [2.24, 2.45) is 5.92 Å². The molecule has 4 rings (SSSR count). The van der Waals surface area contributed by atoms with Crippen molar-refractivity contribution in [2.75, 3.05) is 19.8 Å². The van der Waals surface area contributed by atoms with Crippen LogP contribution in [0.4, 0.5) is 0 Å². The molecule has 5 nitrogen and oxygen atoms in total. The minimum Gasteiger partial charge on any atom is -0.393 e. The average molecular weight is 342 g/mol. The number of rotatable bonds is 4. The van der Waals surface area contributed by atoms with Crippen molar-refractivity contribution in [1.29, 1.82) is 0 Å². The minimum atomic E-state index is -0.202. The van der Waals surface area contributed by atoms with Crippen LogP contribution in [0.1, 0.15) is 30.6 Å². The van der Waals surface area contributed by atoms with Crippen molar-refractivity contribution in [3.63, 3.8) is 0 Å². The third-order valence-electron chi connectivity index (χ3n) is 5.57. The number of morpholine rings is 1. The van der Waals surface area contributed by atoms with Crippen molar-refractivity contribution < 1.29 is 14.4 Å². The third-order valence-corrected chi connectivity index (χ3v) is 5.57. The summed E-state index contributed by atoms with van der Waals surface area (Å²) < 4.78 is 11.3. The van der Waals surface area contributed by atoms with Crippen LogP contribution in [-0.2, 0) is 11.3 Å². The summed E-state index contributed by atoms with van der Waals surface area (Å²) in [5.41, 5.74) is 3.19. The highest BCUT2D eigenvalue weighted by Gasteiger charge is 2.37. The molecule has 134 valence electrons. The van der Waals surface area contributed by atoms with Gasteiger partial charge in [-0.25, -0.2) is 0 Å². The zero-order valence-electron chi connectivity index (χ0n) is 14.7. The number of hydrogen-bond acceptors (Lipinski definition) is 5. The lowest BCUT2D eigenvalue weighted by Gasteiger charge is -2.39. The second-order valence-electron chi connectivity index (χ2n) is 7.32. The van der Waals surface area contributed by atoms with Gasteiger partial charge < -0.3 is 14.4 Å². The molecule has 3 atom stereocenters. The number of aromatic nitrogens is 1. The van der Waals surface area contributed by atoms with Gasteiger partial charge >= 0.3 is 0 Å². The summed E-state index contributed by atoms with van der Waals surface area (Å²) in [6.07, 6.45) is 2.90. The van der Waals surface area contributed by atoms with Gasteiger partial charge in [0.25, 0.3) is 0 Å². The highest BCUT2D eigenvalue weighted by atomic mass is 16.5. The van der Waals surface area contributed by atoms with E-state index in [1.54, 1.807) is 0 Å². The Balaban J connectivity index is 1.47. The van der Waals surface area contributed by atoms with Gasteiger partial charge in [0.2, 0.25) is 0 Å². The maximum Gasteiger partial charge on any atom is 0.151 e. The van der Waals surface area contributed by atoms with Gasteiger partial charge in [0.05, 0.1) is 25.9 Å². The first kappa shape index (κ1) is 16.8. The molecule has 2 aliphatic rings. The van der Waals surface area contributed by atoms with Gasteiger partial charge in [0, 0.05) is 30.1 Å². The normalized spacial score (nSPS) is 27.7. The number of aryl methyl sites for hydroxylation is 1. The highest BCUT2D eigenvalue weighted by molar-refractivity contribution is 5.59. The van der Waals surface area contributed by atoms with Crippen LogP contribution in [0.25, 0.3) is 11.3 Å². The number of aliphatic hydroxyl groups is 1. The Labute approximate surface area is 148 Å². The molecule has 1 aromatic carbocycles. The smallest absolute Gasteiger partial charge is 0.151 e. The molecule has 0 amide bonds. The van der Waals surface area contributed by atoms with Crippen molar-refractivity contribution in [3.05, 3.63) is 41.7 Å². The fourth-order valence-electron chi connectivity index (χ4n) is 4.11. The van der Waals surface area contributed by atoms with E-state index in [1.165, 1.54) is 5.56 Å². The summed E-state index contributed by atoms with van der Waals surface area (Å²) in [6.45, 7) is 5.09. The predicted octanol–water partition coefficient (Wildman–Crippen LogP) is 3.01. The van der Waals surface area contributed by atoms with E-state index in [4.69, 9.17) is 9.26 Å². The Hall–Kier alpha value is -1.69. The summed E-state index contributed by atoms with van der Waals surface area (Å²) in [7, 11) is 0. The van der Waals surface area contributed by atoms with Crippen LogP contribution in [-0.4, -0.2) is 47.1 Å². The number of hydrogen-bond donors (Lipinski definition) is 1. The van der Waals surface area contributed by atoms with Crippen LogP contribution in [0, 0.1) is 12.8 Å². The van der Waals surface area contributed by atoms with E-state index in [0.717, 1.165) is 56.0 Å². The summed E-state index contributed by atoms with van der Waals surface area (Å²) in [4.78, 5) is 2.39. The van der Waals surface area contributed by atoms with E-state index in [2.05, 4.69) is 41.2 Å². The van der Waals surface area contributed by atoms with Gasteiger partial charge in [-0.3, -0.25) is 4.90 Å². The van der Waals surface area contributed by atoms with Gasteiger partial charge in [-0.05, 0) is 19.8 Å². The van der Waals surface area contributed by atoms with E-state index >= 15 is 0 Å². The van der Waals surface area contributed by atoms with Crippen LogP contribution in [0.15, 0.2) is 34.9 Å². The average Bonchev–Trinajstić information content (AvgIpc) is 3.25. The standard InChI is InChI=1S/C20H26N2O3/c1-14-5-7-15(8-6-14)18-11-16(25-21-18)12-22-9-10-24-13-19(22)17-3-2-4-20(17)23/h5-8,11,17,19-20,23H,2-4,9-10,12-13H2,1H3. The first-order chi connectivity index (χ1) is 12.2. The van der Waals surface area contributed by atoms with Crippen molar-refractivity contribution in [3.8, 4) is 11.3 Å². The minimum absolute atomic E-state index is 0.202. The molecule has 2 fully saturated rings. The van der Waals surface area contributed by atoms with Gasteiger partial charge in [0.1, 0.15) is 5.69 Å². The molecule has 0 bridgehead atoms. The molecule has 2 aromatic rings. The fraction of sp³-hybridized carbons (Fsp3) is 0.550. The van der Waals surface area contributed by atoms with E-state index in [9.17, 15) is 5.11 Å². The van der Waals surface area contributed by atoms with E-state index in [-0.39, 0.29) is 12.1 Å². The molecule has 5 heteroatoms. The monoisotopic (exact) mass is 342 g/mol. The van der Waals surface area contributed by atoms with Gasteiger partial charge in [-0.1, -0.05) is 41.4 Å². The third kappa shape index (κ3) is 3.64. The number of benzene rings is 1. The van der Waals surface area contributed by atoms with Crippen molar-refractivity contribution in [2.45, 2.75) is 44.9 Å². The second kappa shape index (κ2) is 7.28. The molecule has 1 aromatic heterocycles. The van der Waals surface area contributed by atoms with E-state index in [0.29, 0.717) is 12.5 Å². The molecular weight excluding hydrogens is 316 g/mol. The first-order valence-corrected chi connectivity index (χ1v) is 9.23. The second-order valence-corrected chi connectivity index (χ2v) is 7.32. The van der Waals surface area contributed by atoms with E-state index in [1.807, 2.05) is 6.07 Å². The van der Waals surface area contributed by atoms with Gasteiger partial charge in [-0.15, -0.1) is 0 Å². The van der Waals surface area contributed by atoms with Gasteiger partial charge in [-0.2, -0.15) is 0 Å². The van der Waals surface area contributed by atoms with Crippen LogP contribution in [0.2, 0.25) is 0 Å². The predicted molar refractivity (Wildman–Crippen MR) is 95.0 cm³/mol. The van der Waals surface area contributed by atoms with Crippen molar-refractivity contribution in [1.82, 2.24) is 10.1 Å². The van der Waals surface area contributed by atoms with Crippen LogP contribution < -0.4 is 0 Å². The molecule has 25 heavy (non-hydrogen) atoms. The maximum absolute atomic E-state index is 10.3.